The van der Waals surface area contributed by atoms with Crippen LogP contribution in [0.2, 0.25) is 0 Å². The minimum Gasteiger partial charge on any atom is -0.462 e. The minimum absolute atomic E-state index is 0.286. The molecule has 1 aliphatic carbocycles. The number of amides is 1. The van der Waals surface area contributed by atoms with Gasteiger partial charge in [-0.3, -0.25) is 0 Å². The Labute approximate surface area is 163 Å². The van der Waals surface area contributed by atoms with E-state index in [1.807, 2.05) is 6.07 Å². The number of tetrazole rings is 1. The molecule has 2 aromatic rings. The van der Waals surface area contributed by atoms with Crippen molar-refractivity contribution in [2.75, 3.05) is 13.2 Å². The van der Waals surface area contributed by atoms with E-state index in [0.717, 1.165) is 19.3 Å². The van der Waals surface area contributed by atoms with Crippen LogP contribution in [0, 0.1) is 0 Å². The fourth-order valence-electron chi connectivity index (χ4n) is 3.56. The summed E-state index contributed by atoms with van der Waals surface area (Å²) in [4.78, 5) is 24.3. The van der Waals surface area contributed by atoms with Crippen LogP contribution >= 0.6 is 0 Å². The van der Waals surface area contributed by atoms with Crippen LogP contribution in [0.3, 0.4) is 0 Å². The molecule has 1 aliphatic rings. The van der Waals surface area contributed by atoms with E-state index in [0.29, 0.717) is 36.5 Å². The first kappa shape index (κ1) is 19.8. The van der Waals surface area contributed by atoms with Gasteiger partial charge in [-0.1, -0.05) is 25.3 Å². The zero-order valence-electron chi connectivity index (χ0n) is 16.2. The molecule has 3 rings (SSSR count). The van der Waals surface area contributed by atoms with Crippen molar-refractivity contribution < 1.29 is 19.1 Å². The number of carbonyl (C=O) groups is 2. The molecule has 1 saturated carbocycles. The van der Waals surface area contributed by atoms with E-state index in [1.54, 1.807) is 36.7 Å². The van der Waals surface area contributed by atoms with E-state index >= 15 is 0 Å². The van der Waals surface area contributed by atoms with Gasteiger partial charge in [0.2, 0.25) is 0 Å². The maximum Gasteiger partial charge on any atom is 0.407 e. The van der Waals surface area contributed by atoms with Crippen LogP contribution in [-0.4, -0.2) is 45.5 Å². The van der Waals surface area contributed by atoms with Crippen LogP contribution < -0.4 is 5.32 Å². The van der Waals surface area contributed by atoms with Crippen molar-refractivity contribution in [1.82, 2.24) is 25.5 Å². The summed E-state index contributed by atoms with van der Waals surface area (Å²) in [6, 6.07) is 6.92. The van der Waals surface area contributed by atoms with Gasteiger partial charge >= 0.3 is 12.1 Å². The van der Waals surface area contributed by atoms with Gasteiger partial charge in [0, 0.05) is 0 Å². The summed E-state index contributed by atoms with van der Waals surface area (Å²) in [5, 5.41) is 15.2. The van der Waals surface area contributed by atoms with Gasteiger partial charge in [-0.2, -0.15) is 4.68 Å². The van der Waals surface area contributed by atoms with Gasteiger partial charge in [-0.15, -0.1) is 5.10 Å². The third kappa shape index (κ3) is 4.13. The fraction of sp³-hybridized carbons (Fsp3) is 0.526. The van der Waals surface area contributed by atoms with Crippen molar-refractivity contribution in [1.29, 1.82) is 0 Å². The molecule has 9 nitrogen and oxygen atoms in total. The van der Waals surface area contributed by atoms with Gasteiger partial charge in [-0.25, -0.2) is 9.59 Å². The number of aromatic nitrogens is 4. The van der Waals surface area contributed by atoms with Crippen molar-refractivity contribution in [2.24, 2.45) is 0 Å². The lowest BCUT2D eigenvalue weighted by Gasteiger charge is -2.36. The van der Waals surface area contributed by atoms with Crippen LogP contribution in [0.4, 0.5) is 4.79 Å². The van der Waals surface area contributed by atoms with Crippen molar-refractivity contribution in [3.05, 3.63) is 35.7 Å². The Hall–Kier alpha value is -2.97. The zero-order valence-corrected chi connectivity index (χ0v) is 16.2. The van der Waals surface area contributed by atoms with Crippen LogP contribution in [0.15, 0.2) is 24.3 Å². The number of nitrogens with zero attached hydrogens (tertiary/aromatic N) is 4. The maximum atomic E-state index is 12.2. The maximum absolute atomic E-state index is 12.2. The Bertz CT molecular complexity index is 829. The monoisotopic (exact) mass is 387 g/mol. The number of benzene rings is 1. The van der Waals surface area contributed by atoms with Crippen molar-refractivity contribution in [3.63, 3.8) is 0 Å². The highest BCUT2D eigenvalue weighted by molar-refractivity contribution is 5.90. The molecular weight excluding hydrogens is 362 g/mol. The van der Waals surface area contributed by atoms with Crippen LogP contribution in [0.1, 0.15) is 62.1 Å². The molecule has 0 bridgehead atoms. The lowest BCUT2D eigenvalue weighted by Crippen LogP contribution is -2.49. The second-order valence-corrected chi connectivity index (χ2v) is 6.67. The molecule has 0 spiro atoms. The van der Waals surface area contributed by atoms with Crippen molar-refractivity contribution in [2.45, 2.75) is 51.5 Å². The van der Waals surface area contributed by atoms with Crippen LogP contribution in [0.25, 0.3) is 5.69 Å². The molecule has 1 aromatic heterocycles. The minimum atomic E-state index is -0.714. The fourth-order valence-corrected chi connectivity index (χ4v) is 3.56. The van der Waals surface area contributed by atoms with Gasteiger partial charge in [0.15, 0.2) is 5.82 Å². The number of esters is 1. The number of ether oxygens (including phenoxy) is 2. The van der Waals surface area contributed by atoms with Gasteiger partial charge in [0.05, 0.1) is 24.5 Å². The summed E-state index contributed by atoms with van der Waals surface area (Å²) in [5.41, 5.74) is 0.325. The first-order valence-corrected chi connectivity index (χ1v) is 9.61. The van der Waals surface area contributed by atoms with Crippen LogP contribution in [0.5, 0.6) is 0 Å². The molecule has 0 unspecified atom stereocenters. The first-order chi connectivity index (χ1) is 13.6. The lowest BCUT2D eigenvalue weighted by atomic mass is 9.81. The molecule has 1 aromatic carbocycles. The van der Waals surface area contributed by atoms with Gasteiger partial charge < -0.3 is 14.8 Å². The Morgan fingerprint density at radius 1 is 1.14 bits per heavy atom. The van der Waals surface area contributed by atoms with E-state index in [9.17, 15) is 9.59 Å². The molecule has 0 atom stereocenters. The first-order valence-electron chi connectivity index (χ1n) is 9.61. The predicted octanol–water partition coefficient (Wildman–Crippen LogP) is 2.74. The number of carbonyl (C=O) groups excluding carboxylic acids is 2. The summed E-state index contributed by atoms with van der Waals surface area (Å²) in [5.74, 6) is 0.122. The standard InChI is InChI=1S/C19H25N5O4/c1-3-27-16(25)14-9-8-10-15(13-14)24-17(21-22-23-24)19(11-6-5-7-12-19)20-18(26)28-4-2/h8-10,13H,3-7,11-12H2,1-2H3,(H,20,26). The number of rotatable bonds is 6. The van der Waals surface area contributed by atoms with E-state index in [4.69, 9.17) is 9.47 Å². The van der Waals surface area contributed by atoms with E-state index in [1.165, 1.54) is 0 Å². The van der Waals surface area contributed by atoms with E-state index in [2.05, 4.69) is 20.8 Å². The SMILES string of the molecule is CCOC(=O)NC1(c2nnnn2-c2cccc(C(=O)OCC)c2)CCCCC1. The van der Waals surface area contributed by atoms with E-state index < -0.39 is 17.6 Å². The molecule has 1 amide bonds. The topological polar surface area (TPSA) is 108 Å². The molecule has 0 radical (unpaired) electrons. The molecule has 1 N–H and O–H groups in total. The molecule has 0 aliphatic heterocycles. The normalized spacial score (nSPS) is 15.6. The summed E-state index contributed by atoms with van der Waals surface area (Å²) < 4.78 is 11.7. The third-order valence-corrected chi connectivity index (χ3v) is 4.82. The smallest absolute Gasteiger partial charge is 0.407 e. The molecular formula is C19H25N5O4. The summed E-state index contributed by atoms with van der Waals surface area (Å²) in [6.07, 6.45) is 3.92. The lowest BCUT2D eigenvalue weighted by molar-refractivity contribution is 0.0526. The Kier molecular flexibility index (Phi) is 6.23. The Balaban J connectivity index is 1.98. The van der Waals surface area contributed by atoms with Gasteiger partial charge in [0.25, 0.3) is 0 Å². The summed E-state index contributed by atoms with van der Waals surface area (Å²) in [6.45, 7) is 4.10. The summed E-state index contributed by atoms with van der Waals surface area (Å²) >= 11 is 0. The van der Waals surface area contributed by atoms with Gasteiger partial charge in [0.1, 0.15) is 5.54 Å². The van der Waals surface area contributed by atoms with Crippen molar-refractivity contribution in [3.8, 4) is 5.69 Å². The quantitative estimate of drug-likeness (QED) is 0.759. The van der Waals surface area contributed by atoms with Gasteiger partial charge in [-0.05, 0) is 55.3 Å². The number of hydrogen-bond donors (Lipinski definition) is 1. The molecule has 150 valence electrons. The Morgan fingerprint density at radius 2 is 1.89 bits per heavy atom. The summed E-state index contributed by atoms with van der Waals surface area (Å²) in [7, 11) is 0. The average molecular weight is 387 g/mol. The number of alkyl carbamates (subject to hydrolysis) is 1. The third-order valence-electron chi connectivity index (χ3n) is 4.82. The Morgan fingerprint density at radius 3 is 2.61 bits per heavy atom. The second kappa shape index (κ2) is 8.81. The molecule has 9 heteroatoms. The second-order valence-electron chi connectivity index (χ2n) is 6.67. The highest BCUT2D eigenvalue weighted by Gasteiger charge is 2.41. The zero-order chi connectivity index (χ0) is 20.0. The molecule has 0 saturated heterocycles. The largest absolute Gasteiger partial charge is 0.462 e. The average Bonchev–Trinajstić information content (AvgIpc) is 3.20. The van der Waals surface area contributed by atoms with E-state index in [-0.39, 0.29) is 6.61 Å². The number of hydrogen-bond acceptors (Lipinski definition) is 7. The van der Waals surface area contributed by atoms with Crippen LogP contribution in [-0.2, 0) is 15.0 Å². The molecule has 1 heterocycles. The molecule has 1 fully saturated rings. The highest BCUT2D eigenvalue weighted by Crippen LogP contribution is 2.36. The van der Waals surface area contributed by atoms with Crippen molar-refractivity contribution >= 4 is 12.1 Å². The molecule has 28 heavy (non-hydrogen) atoms. The highest BCUT2D eigenvalue weighted by atomic mass is 16.5. The predicted molar refractivity (Wildman–Crippen MR) is 100 cm³/mol. The number of nitrogens with one attached hydrogen (secondary N) is 1.